The van der Waals surface area contributed by atoms with Gasteiger partial charge >= 0.3 is 0 Å². The summed E-state index contributed by atoms with van der Waals surface area (Å²) in [5, 5.41) is 0. The predicted octanol–water partition coefficient (Wildman–Crippen LogP) is 2.12. The molecule has 0 spiro atoms. The van der Waals surface area contributed by atoms with Crippen LogP contribution in [-0.2, 0) is 16.6 Å². The van der Waals surface area contributed by atoms with Gasteiger partial charge in [-0.1, -0.05) is 22.0 Å². The van der Waals surface area contributed by atoms with Crippen LogP contribution in [-0.4, -0.2) is 25.0 Å². The molecule has 0 atom stereocenters. The van der Waals surface area contributed by atoms with Gasteiger partial charge in [0.05, 0.1) is 5.75 Å². The van der Waals surface area contributed by atoms with Crippen LogP contribution >= 0.6 is 15.9 Å². The first kappa shape index (κ1) is 12.0. The lowest BCUT2D eigenvalue weighted by Gasteiger charge is -2.15. The number of halogens is 2. The highest BCUT2D eigenvalue weighted by atomic mass is 79.9. The monoisotopic (exact) mass is 307 g/mol. The van der Waals surface area contributed by atoms with Crippen LogP contribution in [0.15, 0.2) is 22.7 Å². The molecule has 2 rings (SSSR count). The molecule has 0 radical (unpaired) electrons. The Morgan fingerprint density at radius 2 is 2.19 bits per heavy atom. The Morgan fingerprint density at radius 1 is 1.44 bits per heavy atom. The van der Waals surface area contributed by atoms with Gasteiger partial charge in [-0.15, -0.1) is 0 Å². The number of nitrogens with zero attached hydrogens (tertiary/aromatic N) is 1. The maximum absolute atomic E-state index is 12.9. The van der Waals surface area contributed by atoms with Gasteiger partial charge < -0.3 is 0 Å². The first-order valence-electron chi connectivity index (χ1n) is 4.91. The van der Waals surface area contributed by atoms with Crippen LogP contribution in [0.4, 0.5) is 4.39 Å². The van der Waals surface area contributed by atoms with Crippen molar-refractivity contribution in [1.82, 2.24) is 4.31 Å². The van der Waals surface area contributed by atoms with Crippen LogP contribution in [0.1, 0.15) is 12.0 Å². The van der Waals surface area contributed by atoms with E-state index in [2.05, 4.69) is 15.9 Å². The van der Waals surface area contributed by atoms with Crippen molar-refractivity contribution in [2.24, 2.45) is 0 Å². The number of rotatable bonds is 2. The topological polar surface area (TPSA) is 37.4 Å². The highest BCUT2D eigenvalue weighted by Gasteiger charge is 2.28. The molecule has 0 aliphatic carbocycles. The lowest BCUT2D eigenvalue weighted by Crippen LogP contribution is -2.25. The Kier molecular flexibility index (Phi) is 3.32. The third kappa shape index (κ3) is 2.44. The molecule has 0 unspecified atom stereocenters. The van der Waals surface area contributed by atoms with Crippen molar-refractivity contribution in [2.45, 2.75) is 13.0 Å². The lowest BCUT2D eigenvalue weighted by molar-refractivity contribution is 0.438. The molecule has 88 valence electrons. The second-order valence-electron chi connectivity index (χ2n) is 3.74. The van der Waals surface area contributed by atoms with Gasteiger partial charge in [0.25, 0.3) is 0 Å². The van der Waals surface area contributed by atoms with E-state index in [0.29, 0.717) is 24.0 Å². The SMILES string of the molecule is O=S1(=O)CCCN1Cc1ccc(F)cc1Br. The Balaban J connectivity index is 2.21. The fraction of sp³-hybridized carbons (Fsp3) is 0.400. The van der Waals surface area contributed by atoms with Gasteiger partial charge in [-0.3, -0.25) is 0 Å². The number of hydrogen-bond acceptors (Lipinski definition) is 2. The smallest absolute Gasteiger partial charge is 0.212 e. The van der Waals surface area contributed by atoms with Crippen LogP contribution in [0.5, 0.6) is 0 Å². The normalized spacial score (nSPS) is 20.1. The second kappa shape index (κ2) is 4.43. The van der Waals surface area contributed by atoms with Crippen LogP contribution in [0.2, 0.25) is 0 Å². The van der Waals surface area contributed by atoms with E-state index in [-0.39, 0.29) is 11.6 Å². The Labute approximate surface area is 102 Å². The molecular weight excluding hydrogens is 297 g/mol. The van der Waals surface area contributed by atoms with Gasteiger partial charge in [-0.05, 0) is 24.1 Å². The van der Waals surface area contributed by atoms with Crippen molar-refractivity contribution in [1.29, 1.82) is 0 Å². The predicted molar refractivity (Wildman–Crippen MR) is 62.9 cm³/mol. The number of sulfonamides is 1. The molecular formula is C10H11BrFNO2S. The first-order valence-corrected chi connectivity index (χ1v) is 7.31. The quantitative estimate of drug-likeness (QED) is 0.839. The van der Waals surface area contributed by atoms with E-state index in [1.54, 1.807) is 6.07 Å². The lowest BCUT2D eigenvalue weighted by atomic mass is 10.2. The van der Waals surface area contributed by atoms with Crippen LogP contribution < -0.4 is 0 Å². The zero-order chi connectivity index (χ0) is 11.8. The molecule has 3 nitrogen and oxygen atoms in total. The Bertz CT molecular complexity index is 504. The van der Waals surface area contributed by atoms with Gasteiger partial charge in [0.2, 0.25) is 10.0 Å². The van der Waals surface area contributed by atoms with E-state index in [0.717, 1.165) is 5.56 Å². The summed E-state index contributed by atoms with van der Waals surface area (Å²) in [6, 6.07) is 4.29. The fourth-order valence-electron chi connectivity index (χ4n) is 1.71. The van der Waals surface area contributed by atoms with Crippen molar-refractivity contribution in [2.75, 3.05) is 12.3 Å². The zero-order valence-corrected chi connectivity index (χ0v) is 10.9. The van der Waals surface area contributed by atoms with Gasteiger partial charge in [0, 0.05) is 17.6 Å². The molecule has 1 aromatic carbocycles. The molecule has 0 N–H and O–H groups in total. The summed E-state index contributed by atoms with van der Waals surface area (Å²) >= 11 is 3.23. The molecule has 1 fully saturated rings. The number of benzene rings is 1. The van der Waals surface area contributed by atoms with E-state index in [1.807, 2.05) is 0 Å². The highest BCUT2D eigenvalue weighted by molar-refractivity contribution is 9.10. The van der Waals surface area contributed by atoms with E-state index in [1.165, 1.54) is 16.4 Å². The second-order valence-corrected chi connectivity index (χ2v) is 6.68. The molecule has 6 heteroatoms. The summed E-state index contributed by atoms with van der Waals surface area (Å²) in [4.78, 5) is 0. The summed E-state index contributed by atoms with van der Waals surface area (Å²) in [7, 11) is -3.09. The summed E-state index contributed by atoms with van der Waals surface area (Å²) in [6.45, 7) is 0.856. The van der Waals surface area contributed by atoms with Crippen LogP contribution in [0.3, 0.4) is 0 Å². The number of hydrogen-bond donors (Lipinski definition) is 0. The van der Waals surface area contributed by atoms with Gasteiger partial charge in [-0.25, -0.2) is 12.8 Å². The summed E-state index contributed by atoms with van der Waals surface area (Å²) in [6.07, 6.45) is 0.668. The molecule has 0 amide bonds. The first-order chi connectivity index (χ1) is 7.49. The molecule has 1 heterocycles. The average molecular weight is 308 g/mol. The van der Waals surface area contributed by atoms with E-state index in [9.17, 15) is 12.8 Å². The summed E-state index contributed by atoms with van der Waals surface area (Å²) in [5.41, 5.74) is 0.784. The van der Waals surface area contributed by atoms with Gasteiger partial charge in [0.15, 0.2) is 0 Å². The van der Waals surface area contributed by atoms with Gasteiger partial charge in [0.1, 0.15) is 5.82 Å². The molecule has 0 saturated carbocycles. The maximum atomic E-state index is 12.9. The van der Waals surface area contributed by atoms with E-state index < -0.39 is 10.0 Å². The molecule has 16 heavy (non-hydrogen) atoms. The van der Waals surface area contributed by atoms with Crippen LogP contribution in [0, 0.1) is 5.82 Å². The summed E-state index contributed by atoms with van der Waals surface area (Å²) in [5.74, 6) is -0.119. The van der Waals surface area contributed by atoms with E-state index >= 15 is 0 Å². The Hall–Kier alpha value is -0.460. The standard InChI is InChI=1S/C10H11BrFNO2S/c11-10-6-9(12)3-2-8(10)7-13-4-1-5-16(13,14)15/h2-3,6H,1,4-5,7H2. The molecule has 1 saturated heterocycles. The molecule has 1 aliphatic rings. The maximum Gasteiger partial charge on any atom is 0.214 e. The van der Waals surface area contributed by atoms with E-state index in [4.69, 9.17) is 0 Å². The minimum Gasteiger partial charge on any atom is -0.212 e. The highest BCUT2D eigenvalue weighted by Crippen LogP contribution is 2.23. The molecule has 0 bridgehead atoms. The molecule has 1 aromatic rings. The van der Waals surface area contributed by atoms with Crippen molar-refractivity contribution in [3.05, 3.63) is 34.1 Å². The van der Waals surface area contributed by atoms with Crippen molar-refractivity contribution in [3.8, 4) is 0 Å². The third-order valence-electron chi connectivity index (χ3n) is 2.57. The third-order valence-corrected chi connectivity index (χ3v) is 5.21. The Morgan fingerprint density at radius 3 is 2.75 bits per heavy atom. The van der Waals surface area contributed by atoms with Crippen LogP contribution in [0.25, 0.3) is 0 Å². The zero-order valence-electron chi connectivity index (χ0n) is 8.49. The average Bonchev–Trinajstić information content (AvgIpc) is 2.50. The van der Waals surface area contributed by atoms with Gasteiger partial charge in [-0.2, -0.15) is 4.31 Å². The largest absolute Gasteiger partial charge is 0.214 e. The minimum absolute atomic E-state index is 0.214. The minimum atomic E-state index is -3.09. The van der Waals surface area contributed by atoms with Crippen molar-refractivity contribution >= 4 is 26.0 Å². The molecule has 1 aliphatic heterocycles. The van der Waals surface area contributed by atoms with Crippen molar-refractivity contribution in [3.63, 3.8) is 0 Å². The fourth-order valence-corrected chi connectivity index (χ4v) is 3.68. The summed E-state index contributed by atoms with van der Waals surface area (Å²) < 4.78 is 38.1. The molecule has 0 aromatic heterocycles. The van der Waals surface area contributed by atoms with Crippen molar-refractivity contribution < 1.29 is 12.8 Å².